The SMILES string of the molecule is C=CC(=O)[P+](=O)CC(OCCCCC)(OCCCCC)OCCCCC. The van der Waals surface area contributed by atoms with Gasteiger partial charge in [-0.1, -0.05) is 70.4 Å². The van der Waals surface area contributed by atoms with Gasteiger partial charge < -0.3 is 14.2 Å². The summed E-state index contributed by atoms with van der Waals surface area (Å²) in [6.07, 6.45) is 9.99. The zero-order valence-electron chi connectivity index (χ0n) is 17.0. The fourth-order valence-electron chi connectivity index (χ4n) is 2.36. The minimum atomic E-state index is -2.19. The number of ether oxygens (including phenoxy) is 3. The molecule has 0 amide bonds. The van der Waals surface area contributed by atoms with E-state index in [0.29, 0.717) is 19.8 Å². The third-order valence-corrected chi connectivity index (χ3v) is 5.32. The first-order valence-electron chi connectivity index (χ1n) is 10.1. The summed E-state index contributed by atoms with van der Waals surface area (Å²) < 4.78 is 30.2. The van der Waals surface area contributed by atoms with Crippen LogP contribution in [0.4, 0.5) is 0 Å². The third-order valence-electron chi connectivity index (χ3n) is 3.97. The van der Waals surface area contributed by atoms with E-state index in [-0.39, 0.29) is 6.16 Å². The minimum Gasteiger partial charge on any atom is -0.324 e. The molecule has 0 fully saturated rings. The highest BCUT2D eigenvalue weighted by Gasteiger charge is 2.45. The van der Waals surface area contributed by atoms with Crippen molar-refractivity contribution in [3.8, 4) is 0 Å². The Balaban J connectivity index is 5.04. The predicted molar refractivity (Wildman–Crippen MR) is 107 cm³/mol. The zero-order valence-corrected chi connectivity index (χ0v) is 17.9. The molecular weight excluding hydrogens is 351 g/mol. The number of carbonyl (C=O) groups excluding carboxylic acids is 1. The Morgan fingerprint density at radius 1 is 0.846 bits per heavy atom. The smallest absolute Gasteiger partial charge is 0.324 e. The summed E-state index contributed by atoms with van der Waals surface area (Å²) in [6.45, 7) is 11.2. The normalized spacial score (nSPS) is 12.2. The van der Waals surface area contributed by atoms with E-state index in [0.717, 1.165) is 63.9 Å². The van der Waals surface area contributed by atoms with Crippen LogP contribution in [0.15, 0.2) is 12.7 Å². The molecule has 0 saturated carbocycles. The molecule has 0 saturated heterocycles. The van der Waals surface area contributed by atoms with Gasteiger partial charge in [0, 0.05) is 6.08 Å². The molecule has 0 N–H and O–H groups in total. The molecule has 26 heavy (non-hydrogen) atoms. The molecule has 0 aromatic rings. The maximum Gasteiger partial charge on any atom is 0.428 e. The fraction of sp³-hybridized carbons (Fsp3) is 0.850. The Labute approximate surface area is 160 Å². The third kappa shape index (κ3) is 11.9. The summed E-state index contributed by atoms with van der Waals surface area (Å²) in [5, 5.41) is 0. The molecule has 0 spiro atoms. The molecule has 1 unspecified atom stereocenters. The van der Waals surface area contributed by atoms with Gasteiger partial charge in [-0.25, -0.2) is 4.79 Å². The molecule has 6 heteroatoms. The van der Waals surface area contributed by atoms with Gasteiger partial charge in [-0.05, 0) is 19.3 Å². The summed E-state index contributed by atoms with van der Waals surface area (Å²) in [4.78, 5) is 11.7. The van der Waals surface area contributed by atoms with Crippen molar-refractivity contribution < 1.29 is 23.6 Å². The Hall–Kier alpha value is -0.610. The first-order valence-corrected chi connectivity index (χ1v) is 11.5. The Bertz CT molecular complexity index is 366. The van der Waals surface area contributed by atoms with Gasteiger partial charge in [-0.3, -0.25) is 0 Å². The molecule has 0 aliphatic rings. The van der Waals surface area contributed by atoms with E-state index in [9.17, 15) is 9.36 Å². The standard InChI is InChI=1S/C20H38O5P/c1-5-9-12-15-23-20(24-16-13-10-6-2,25-17-14-11-7-3)18-26(22)19(21)8-4/h8H,4-7,9-18H2,1-3H3/q+1. The number of unbranched alkanes of at least 4 members (excludes halogenated alkanes) is 6. The highest BCUT2D eigenvalue weighted by Crippen LogP contribution is 2.33. The molecule has 0 aromatic heterocycles. The minimum absolute atomic E-state index is 0.0858. The van der Waals surface area contributed by atoms with Crippen molar-refractivity contribution in [2.75, 3.05) is 26.0 Å². The predicted octanol–water partition coefficient (Wildman–Crippen LogP) is 5.80. The second-order valence-corrected chi connectivity index (χ2v) is 7.94. The van der Waals surface area contributed by atoms with Crippen LogP contribution in [0.1, 0.15) is 78.6 Å². The molecule has 5 nitrogen and oxygen atoms in total. The van der Waals surface area contributed by atoms with Crippen LogP contribution in [-0.2, 0) is 23.6 Å². The van der Waals surface area contributed by atoms with Crippen molar-refractivity contribution in [1.82, 2.24) is 0 Å². The van der Waals surface area contributed by atoms with Crippen LogP contribution < -0.4 is 0 Å². The molecule has 0 heterocycles. The first kappa shape index (κ1) is 25.4. The fourth-order valence-corrected chi connectivity index (χ4v) is 3.34. The topological polar surface area (TPSA) is 61.8 Å². The van der Waals surface area contributed by atoms with E-state index in [4.69, 9.17) is 14.2 Å². The average Bonchev–Trinajstić information content (AvgIpc) is 2.65. The van der Waals surface area contributed by atoms with Crippen molar-refractivity contribution >= 4 is 13.3 Å². The van der Waals surface area contributed by atoms with Gasteiger partial charge in [0.1, 0.15) is 0 Å². The lowest BCUT2D eigenvalue weighted by molar-refractivity contribution is -0.367. The van der Waals surface area contributed by atoms with Gasteiger partial charge in [0.15, 0.2) is 0 Å². The molecule has 0 bridgehead atoms. The van der Waals surface area contributed by atoms with Crippen LogP contribution in [0.5, 0.6) is 0 Å². The van der Waals surface area contributed by atoms with Gasteiger partial charge in [0.2, 0.25) is 6.16 Å². The van der Waals surface area contributed by atoms with E-state index in [1.54, 1.807) is 0 Å². The van der Waals surface area contributed by atoms with E-state index in [2.05, 4.69) is 27.4 Å². The lowest BCUT2D eigenvalue weighted by atomic mass is 10.2. The number of hydrogen-bond acceptors (Lipinski definition) is 5. The molecule has 0 radical (unpaired) electrons. The van der Waals surface area contributed by atoms with Crippen LogP contribution >= 0.6 is 7.80 Å². The second-order valence-electron chi connectivity index (χ2n) is 6.43. The lowest BCUT2D eigenvalue weighted by Gasteiger charge is -2.30. The van der Waals surface area contributed by atoms with E-state index < -0.39 is 19.3 Å². The number of allylic oxidation sites excluding steroid dienone is 1. The molecule has 0 aromatic carbocycles. The summed E-state index contributed by atoms with van der Waals surface area (Å²) in [5.41, 5.74) is -0.490. The molecule has 0 aliphatic heterocycles. The second kappa shape index (κ2) is 16.6. The van der Waals surface area contributed by atoms with Crippen molar-refractivity contribution in [2.24, 2.45) is 0 Å². The largest absolute Gasteiger partial charge is 0.428 e. The zero-order chi connectivity index (χ0) is 19.7. The van der Waals surface area contributed by atoms with Gasteiger partial charge >= 0.3 is 19.3 Å². The van der Waals surface area contributed by atoms with Crippen LogP contribution in [0.2, 0.25) is 0 Å². The molecule has 1 atom stereocenters. The maximum atomic E-state index is 12.3. The average molecular weight is 389 g/mol. The van der Waals surface area contributed by atoms with Crippen LogP contribution in [0, 0.1) is 0 Å². The maximum absolute atomic E-state index is 12.3. The highest BCUT2D eigenvalue weighted by atomic mass is 31.1. The van der Waals surface area contributed by atoms with Crippen molar-refractivity contribution in [1.29, 1.82) is 0 Å². The molecule has 0 aliphatic carbocycles. The number of rotatable bonds is 19. The van der Waals surface area contributed by atoms with Gasteiger partial charge in [-0.2, -0.15) is 0 Å². The van der Waals surface area contributed by atoms with Gasteiger partial charge in [0.05, 0.1) is 19.8 Å². The summed E-state index contributed by atoms with van der Waals surface area (Å²) in [6, 6.07) is 0. The monoisotopic (exact) mass is 389 g/mol. The molecule has 152 valence electrons. The molecule has 0 rings (SSSR count). The Morgan fingerprint density at radius 2 is 1.23 bits per heavy atom. The first-order chi connectivity index (χ1) is 12.5. The summed E-state index contributed by atoms with van der Waals surface area (Å²) >= 11 is 0. The molecular formula is C20H38O5P+. The Morgan fingerprint density at radius 3 is 1.54 bits per heavy atom. The number of hydrogen-bond donors (Lipinski definition) is 0. The van der Waals surface area contributed by atoms with E-state index in [1.807, 2.05) is 0 Å². The summed E-state index contributed by atoms with van der Waals surface area (Å²) in [5.74, 6) is -1.40. The van der Waals surface area contributed by atoms with Crippen molar-refractivity contribution in [2.45, 2.75) is 84.5 Å². The lowest BCUT2D eigenvalue weighted by Crippen LogP contribution is -2.43. The van der Waals surface area contributed by atoms with Crippen LogP contribution in [0.3, 0.4) is 0 Å². The van der Waals surface area contributed by atoms with Crippen molar-refractivity contribution in [3.63, 3.8) is 0 Å². The number of carbonyl (C=O) groups is 1. The Kier molecular flexibility index (Phi) is 16.2. The highest BCUT2D eigenvalue weighted by molar-refractivity contribution is 7.64. The van der Waals surface area contributed by atoms with Crippen LogP contribution in [-0.4, -0.2) is 37.5 Å². The van der Waals surface area contributed by atoms with Gasteiger partial charge in [0.25, 0.3) is 0 Å². The van der Waals surface area contributed by atoms with Crippen molar-refractivity contribution in [3.05, 3.63) is 12.7 Å². The van der Waals surface area contributed by atoms with E-state index in [1.165, 1.54) is 0 Å². The van der Waals surface area contributed by atoms with Gasteiger partial charge in [-0.15, -0.1) is 0 Å². The van der Waals surface area contributed by atoms with E-state index >= 15 is 0 Å². The summed E-state index contributed by atoms with van der Waals surface area (Å²) in [7, 11) is -2.19. The van der Waals surface area contributed by atoms with Crippen LogP contribution in [0.25, 0.3) is 0 Å². The quantitative estimate of drug-likeness (QED) is 0.121.